The van der Waals surface area contributed by atoms with Gasteiger partial charge in [0.1, 0.15) is 5.69 Å². The van der Waals surface area contributed by atoms with Gasteiger partial charge in [0.25, 0.3) is 5.91 Å². The van der Waals surface area contributed by atoms with E-state index in [0.717, 1.165) is 35.4 Å². The number of rotatable bonds is 3. The van der Waals surface area contributed by atoms with Crippen LogP contribution in [-0.2, 0) is 6.42 Å². The van der Waals surface area contributed by atoms with Gasteiger partial charge in [-0.1, -0.05) is 17.7 Å². The number of carbonyl (C=O) groups excluding carboxylic acids is 2. The van der Waals surface area contributed by atoms with Crippen molar-refractivity contribution in [1.82, 2.24) is 9.97 Å². The molecule has 1 aromatic carbocycles. The second kappa shape index (κ2) is 7.02. The van der Waals surface area contributed by atoms with Crippen molar-refractivity contribution < 1.29 is 9.59 Å². The number of carbonyl (C=O) groups is 2. The van der Waals surface area contributed by atoms with Crippen molar-refractivity contribution in [2.45, 2.75) is 47.0 Å². The number of nitrogens with zero attached hydrogens (tertiary/aromatic N) is 1. The van der Waals surface area contributed by atoms with E-state index in [1.807, 2.05) is 12.3 Å². The number of fused-ring (bicyclic) bond motifs is 1. The Morgan fingerprint density at radius 2 is 1.82 bits per heavy atom. The topological polar surface area (TPSA) is 74.8 Å². The van der Waals surface area contributed by atoms with E-state index in [-0.39, 0.29) is 11.7 Å². The summed E-state index contributed by atoms with van der Waals surface area (Å²) in [4.78, 5) is 32.8. The molecule has 2 aromatic heterocycles. The number of aryl methyl sites for hydroxylation is 4. The molecule has 0 saturated heterocycles. The maximum atomic E-state index is 12.8. The molecular weight excluding hydrogens is 370 g/mol. The minimum absolute atomic E-state index is 0.121. The summed E-state index contributed by atoms with van der Waals surface area (Å²) < 4.78 is 0. The Morgan fingerprint density at radius 1 is 1.11 bits per heavy atom. The van der Waals surface area contributed by atoms with E-state index in [9.17, 15) is 9.59 Å². The molecule has 2 heterocycles. The van der Waals surface area contributed by atoms with Crippen LogP contribution in [0, 0.1) is 27.7 Å². The number of ketones is 1. The van der Waals surface area contributed by atoms with Crippen LogP contribution < -0.4 is 5.32 Å². The predicted molar refractivity (Wildman–Crippen MR) is 113 cm³/mol. The largest absolute Gasteiger partial charge is 0.354 e. The van der Waals surface area contributed by atoms with E-state index in [4.69, 9.17) is 0 Å². The van der Waals surface area contributed by atoms with Gasteiger partial charge < -0.3 is 4.98 Å². The quantitative estimate of drug-likeness (QED) is 0.647. The number of aromatic nitrogens is 2. The zero-order chi connectivity index (χ0) is 20.0. The number of benzene rings is 1. The lowest BCUT2D eigenvalue weighted by Crippen LogP contribution is -2.13. The number of anilines is 1. The lowest BCUT2D eigenvalue weighted by Gasteiger charge is -2.09. The maximum absolute atomic E-state index is 12.8. The SMILES string of the molecule is Cc1cc(C)c(-c2csc(NC(=O)c3[nH]c4c(c3C)C(=O)CCC4)n2)c(C)c1. The molecule has 6 heteroatoms. The van der Waals surface area contributed by atoms with Crippen LogP contribution in [0.25, 0.3) is 11.3 Å². The minimum Gasteiger partial charge on any atom is -0.354 e. The second-order valence-corrected chi connectivity index (χ2v) is 8.38. The zero-order valence-electron chi connectivity index (χ0n) is 16.5. The molecule has 0 atom stereocenters. The number of hydrogen-bond acceptors (Lipinski definition) is 4. The molecule has 0 radical (unpaired) electrons. The molecule has 0 fully saturated rings. The third-order valence-corrected chi connectivity index (χ3v) is 6.08. The molecule has 0 aliphatic heterocycles. The molecule has 1 aliphatic rings. The normalized spacial score (nSPS) is 13.5. The average Bonchev–Trinajstić information content (AvgIpc) is 3.19. The van der Waals surface area contributed by atoms with Gasteiger partial charge in [-0.15, -0.1) is 11.3 Å². The summed E-state index contributed by atoms with van der Waals surface area (Å²) in [5.41, 5.74) is 8.32. The summed E-state index contributed by atoms with van der Waals surface area (Å²) in [5.74, 6) is -0.131. The molecule has 4 rings (SSSR count). The van der Waals surface area contributed by atoms with Gasteiger partial charge >= 0.3 is 0 Å². The fourth-order valence-electron chi connectivity index (χ4n) is 4.19. The van der Waals surface area contributed by atoms with E-state index in [2.05, 4.69) is 48.2 Å². The summed E-state index contributed by atoms with van der Waals surface area (Å²) in [5, 5.41) is 5.41. The van der Waals surface area contributed by atoms with Crippen LogP contribution in [0.1, 0.15) is 61.6 Å². The maximum Gasteiger partial charge on any atom is 0.274 e. The Kier molecular flexibility index (Phi) is 4.67. The van der Waals surface area contributed by atoms with E-state index in [1.54, 1.807) is 0 Å². The van der Waals surface area contributed by atoms with Crippen molar-refractivity contribution in [3.63, 3.8) is 0 Å². The fraction of sp³-hybridized carbons (Fsp3) is 0.318. The van der Waals surface area contributed by atoms with Crippen molar-refractivity contribution in [2.24, 2.45) is 0 Å². The Bertz CT molecular complexity index is 1080. The number of H-pyrrole nitrogens is 1. The lowest BCUT2D eigenvalue weighted by atomic mass is 9.94. The molecule has 3 aromatic rings. The summed E-state index contributed by atoms with van der Waals surface area (Å²) in [7, 11) is 0. The van der Waals surface area contributed by atoms with Gasteiger partial charge in [-0.2, -0.15) is 0 Å². The van der Waals surface area contributed by atoms with Crippen molar-refractivity contribution in [1.29, 1.82) is 0 Å². The number of thiazole rings is 1. The first-order valence-electron chi connectivity index (χ1n) is 9.45. The third kappa shape index (κ3) is 3.18. The first-order chi connectivity index (χ1) is 13.3. The Labute approximate surface area is 168 Å². The molecule has 2 N–H and O–H groups in total. The van der Waals surface area contributed by atoms with Crippen molar-refractivity contribution in [3.05, 3.63) is 56.7 Å². The molecule has 1 aliphatic carbocycles. The highest BCUT2D eigenvalue weighted by molar-refractivity contribution is 7.14. The second-order valence-electron chi connectivity index (χ2n) is 7.52. The minimum atomic E-state index is -0.252. The van der Waals surface area contributed by atoms with Crippen LogP contribution in [0.4, 0.5) is 5.13 Å². The zero-order valence-corrected chi connectivity index (χ0v) is 17.3. The molecule has 0 bridgehead atoms. The van der Waals surface area contributed by atoms with Gasteiger partial charge in [-0.3, -0.25) is 14.9 Å². The molecule has 144 valence electrons. The molecule has 0 spiro atoms. The van der Waals surface area contributed by atoms with Gasteiger partial charge in [0, 0.05) is 28.6 Å². The van der Waals surface area contributed by atoms with Gasteiger partial charge in [-0.25, -0.2) is 4.98 Å². The van der Waals surface area contributed by atoms with Crippen LogP contribution in [-0.4, -0.2) is 21.7 Å². The smallest absolute Gasteiger partial charge is 0.274 e. The number of aromatic amines is 1. The highest BCUT2D eigenvalue weighted by Gasteiger charge is 2.26. The molecule has 1 amide bonds. The summed E-state index contributed by atoms with van der Waals surface area (Å²) >= 11 is 1.41. The molecule has 28 heavy (non-hydrogen) atoms. The van der Waals surface area contributed by atoms with E-state index < -0.39 is 0 Å². The molecule has 0 saturated carbocycles. The van der Waals surface area contributed by atoms with Crippen molar-refractivity contribution in [2.75, 3.05) is 5.32 Å². The highest BCUT2D eigenvalue weighted by Crippen LogP contribution is 2.32. The van der Waals surface area contributed by atoms with Gasteiger partial charge in [0.2, 0.25) is 0 Å². The van der Waals surface area contributed by atoms with E-state index in [0.29, 0.717) is 22.8 Å². The first kappa shape index (κ1) is 18.6. The van der Waals surface area contributed by atoms with Crippen molar-refractivity contribution in [3.8, 4) is 11.3 Å². The van der Waals surface area contributed by atoms with Crippen LogP contribution in [0.15, 0.2) is 17.5 Å². The Morgan fingerprint density at radius 3 is 2.50 bits per heavy atom. The molecule has 0 unspecified atom stereocenters. The van der Waals surface area contributed by atoms with E-state index in [1.165, 1.54) is 28.0 Å². The van der Waals surface area contributed by atoms with Gasteiger partial charge in [0.05, 0.1) is 5.69 Å². The number of hydrogen-bond donors (Lipinski definition) is 2. The van der Waals surface area contributed by atoms with E-state index >= 15 is 0 Å². The predicted octanol–water partition coefficient (Wildman–Crippen LogP) is 5.14. The molecular formula is C22H23N3O2S. The van der Waals surface area contributed by atoms with Crippen LogP contribution in [0.2, 0.25) is 0 Å². The highest BCUT2D eigenvalue weighted by atomic mass is 32.1. The Hall–Kier alpha value is -2.73. The summed E-state index contributed by atoms with van der Waals surface area (Å²) in [6.07, 6.45) is 2.19. The van der Waals surface area contributed by atoms with Crippen LogP contribution in [0.3, 0.4) is 0 Å². The van der Waals surface area contributed by atoms with Gasteiger partial charge in [-0.05, 0) is 57.2 Å². The number of amides is 1. The first-order valence-corrected chi connectivity index (χ1v) is 10.3. The Balaban J connectivity index is 1.60. The van der Waals surface area contributed by atoms with Crippen LogP contribution in [0.5, 0.6) is 0 Å². The summed E-state index contributed by atoms with van der Waals surface area (Å²) in [6, 6.07) is 4.29. The average molecular weight is 394 g/mol. The van der Waals surface area contributed by atoms with Crippen LogP contribution >= 0.6 is 11.3 Å². The molecule has 5 nitrogen and oxygen atoms in total. The third-order valence-electron chi connectivity index (χ3n) is 5.32. The monoisotopic (exact) mass is 393 g/mol. The summed E-state index contributed by atoms with van der Waals surface area (Å²) in [6.45, 7) is 8.08. The standard InChI is InChI=1S/C22H23N3O2S/c1-11-8-12(2)18(13(3)9-11)16-10-28-22(24-16)25-21(27)20-14(4)19-15(23-20)6-5-7-17(19)26/h8-10,23H,5-7H2,1-4H3,(H,24,25,27). The fourth-order valence-corrected chi connectivity index (χ4v) is 4.89. The number of Topliss-reactive ketones (excluding diaryl/α,β-unsaturated/α-hetero) is 1. The van der Waals surface area contributed by atoms with Crippen molar-refractivity contribution >= 4 is 28.2 Å². The number of nitrogens with one attached hydrogen (secondary N) is 2. The lowest BCUT2D eigenvalue weighted by molar-refractivity contribution is 0.0971. The van der Waals surface area contributed by atoms with Gasteiger partial charge in [0.15, 0.2) is 10.9 Å².